The van der Waals surface area contributed by atoms with Crippen LogP contribution in [0.15, 0.2) is 226 Å². The normalized spacial score (nSPS) is 11.5. The number of anilines is 8. The molecule has 5 N–H and O–H groups in total. The van der Waals surface area contributed by atoms with Crippen LogP contribution in [0.3, 0.4) is 0 Å². The molecule has 0 aliphatic heterocycles. The number of hydrogen-bond donors (Lipinski definition) is 4. The van der Waals surface area contributed by atoms with Crippen LogP contribution in [-0.2, 0) is 27.7 Å². The number of halogens is 3. The number of benzene rings is 8. The molecule has 0 aliphatic rings. The minimum absolute atomic E-state index is 0.167. The fourth-order valence-corrected chi connectivity index (χ4v) is 14.4. The lowest BCUT2D eigenvalue weighted by Crippen LogP contribution is -2.41. The smallest absolute Gasteiger partial charge is 0.401 e. The highest BCUT2D eigenvalue weighted by Crippen LogP contribution is 2.40. The number of hydrogen-bond acceptors (Lipinski definition) is 26. The number of fused-ring (bicyclic) bond motifs is 4. The summed E-state index contributed by atoms with van der Waals surface area (Å²) < 4.78 is 78.2. The van der Waals surface area contributed by atoms with Crippen molar-refractivity contribution in [3.8, 4) is 85.3 Å². The van der Waals surface area contributed by atoms with Crippen LogP contribution in [0.4, 0.5) is 58.7 Å². The standard InChI is InChI=1S/C27H35N7O2.C25H27F3N6O2.C22H23N5O2.C22H23N5O/c1-19(2)29-9-11-34(22-12-23(35-3)15-24(13-22)36-4)21-6-7-25-26(14-21)32-27(17-30-25)20-16-31-33(18-20)10-5-8-28;1-16(30-15-25(26,27)28)13-34(19-7-20(35-3)10-21(8-19)36-4)18-5-6-22-23(9-18)32-24(12-29-22)17-11-31-33(2)14-17;1-4-7-27(17-8-18(28)11-19(9-17)29-3)16-5-6-20-21(10-16)25-22(13-23-20)15-12-24-26(2)14-15;1-4-10-27(17-6-5-7-19(11-17)28-3)18-8-9-20-21(12-18)25-22(14-23-20)16-13-24-26(2)15-16/h6-7,12-19,29H,5,8-11,28H2,1-4H3;5-12,14,16,30H,13,15H2,1-4H3;5-6,8-14,28H,4,7H2,1-3H3;5-9,11-15H,4,10H2,1-3H3. The van der Waals surface area contributed by atoms with Crippen LogP contribution in [0.1, 0.15) is 53.9 Å². The van der Waals surface area contributed by atoms with Crippen LogP contribution in [-0.4, -0.2) is 191 Å². The van der Waals surface area contributed by atoms with Crippen LogP contribution in [0, 0.1) is 0 Å². The summed E-state index contributed by atoms with van der Waals surface area (Å²) in [5.74, 6) is 4.22. The lowest BCUT2D eigenvalue weighted by Gasteiger charge is -2.29. The van der Waals surface area contributed by atoms with Crippen molar-refractivity contribution in [3.63, 3.8) is 0 Å². The van der Waals surface area contributed by atoms with Gasteiger partial charge < -0.3 is 69.5 Å². The number of nitrogens with one attached hydrogen (secondary N) is 2. The van der Waals surface area contributed by atoms with Crippen molar-refractivity contribution in [2.45, 2.75) is 78.7 Å². The lowest BCUT2D eigenvalue weighted by atomic mass is 10.1. The number of aromatic hydroxyl groups is 1. The van der Waals surface area contributed by atoms with E-state index in [2.05, 4.69) is 130 Å². The van der Waals surface area contributed by atoms with Gasteiger partial charge in [0.15, 0.2) is 0 Å². The van der Waals surface area contributed by atoms with Crippen LogP contribution >= 0.6 is 0 Å². The van der Waals surface area contributed by atoms with Gasteiger partial charge in [-0.15, -0.1) is 0 Å². The van der Waals surface area contributed by atoms with Crippen molar-refractivity contribution >= 4 is 89.6 Å². The average Bonchev–Trinajstić information content (AvgIpc) is 1.41. The summed E-state index contributed by atoms with van der Waals surface area (Å²) in [4.78, 5) is 46.1. The van der Waals surface area contributed by atoms with E-state index in [1.165, 1.54) is 0 Å². The highest BCUT2D eigenvalue weighted by Gasteiger charge is 2.29. The molecule has 0 aliphatic carbocycles. The van der Waals surface area contributed by atoms with Crippen molar-refractivity contribution in [1.29, 1.82) is 0 Å². The molecule has 8 heterocycles. The van der Waals surface area contributed by atoms with Crippen molar-refractivity contribution in [3.05, 3.63) is 226 Å². The third-order valence-electron chi connectivity index (χ3n) is 20.8. The van der Waals surface area contributed by atoms with Gasteiger partial charge in [-0.2, -0.15) is 33.6 Å². The molecule has 16 aromatic rings. The number of ether oxygens (including phenoxy) is 6. The van der Waals surface area contributed by atoms with Crippen molar-refractivity contribution < 1.29 is 46.7 Å². The Labute approximate surface area is 747 Å². The van der Waals surface area contributed by atoms with Gasteiger partial charge in [0.2, 0.25) is 0 Å². The molecule has 1 unspecified atom stereocenters. The van der Waals surface area contributed by atoms with Gasteiger partial charge in [-0.05, 0) is 118 Å². The maximum Gasteiger partial charge on any atom is 0.401 e. The molecule has 0 saturated carbocycles. The highest BCUT2D eigenvalue weighted by atomic mass is 19.4. The summed E-state index contributed by atoms with van der Waals surface area (Å²) in [6, 6.07) is 48.5. The summed E-state index contributed by atoms with van der Waals surface area (Å²) in [7, 11) is 15.3. The Balaban J connectivity index is 0.000000148. The molecule has 670 valence electrons. The second kappa shape index (κ2) is 43.1. The number of phenolic OH excluding ortho intramolecular Hbond substituents is 1. The van der Waals surface area contributed by atoms with E-state index in [4.69, 9.17) is 54.1 Å². The minimum atomic E-state index is -4.31. The van der Waals surface area contributed by atoms with Gasteiger partial charge in [0.05, 0.1) is 166 Å². The first kappa shape index (κ1) is 92.1. The number of methoxy groups -OCH3 is 6. The molecule has 0 radical (unpaired) electrons. The molecule has 33 heteroatoms. The van der Waals surface area contributed by atoms with Gasteiger partial charge in [0.25, 0.3) is 0 Å². The van der Waals surface area contributed by atoms with E-state index in [0.29, 0.717) is 52.2 Å². The molecule has 0 saturated heterocycles. The molecule has 30 nitrogen and oxygen atoms in total. The van der Waals surface area contributed by atoms with Crippen molar-refractivity contribution in [2.24, 2.45) is 26.9 Å². The fraction of sp³-hybridized carbons (Fsp3) is 0.292. The highest BCUT2D eigenvalue weighted by molar-refractivity contribution is 5.87. The summed E-state index contributed by atoms with van der Waals surface area (Å²) in [5, 5.41) is 33.2. The van der Waals surface area contributed by atoms with Gasteiger partial charge in [-0.3, -0.25) is 38.7 Å². The predicted molar refractivity (Wildman–Crippen MR) is 502 cm³/mol. The maximum absolute atomic E-state index is 12.8. The third-order valence-corrected chi connectivity index (χ3v) is 20.8. The Morgan fingerprint density at radius 1 is 0.395 bits per heavy atom. The molecule has 1 atom stereocenters. The number of alkyl halides is 3. The second-order valence-corrected chi connectivity index (χ2v) is 30.9. The first-order chi connectivity index (χ1) is 62.4. The van der Waals surface area contributed by atoms with E-state index in [9.17, 15) is 18.3 Å². The summed E-state index contributed by atoms with van der Waals surface area (Å²) in [6.07, 6.45) is 20.4. The van der Waals surface area contributed by atoms with E-state index in [0.717, 1.165) is 181 Å². The summed E-state index contributed by atoms with van der Waals surface area (Å²) >= 11 is 0. The number of rotatable bonds is 33. The number of nitrogens with zero attached hydrogens (tertiary/aromatic N) is 20. The van der Waals surface area contributed by atoms with Crippen LogP contribution < -0.4 is 64.4 Å². The quantitative estimate of drug-likeness (QED) is 0.0297. The Morgan fingerprint density at radius 3 is 1.13 bits per heavy atom. The summed E-state index contributed by atoms with van der Waals surface area (Å²) in [6.45, 7) is 14.1. The first-order valence-electron chi connectivity index (χ1n) is 42.3. The number of aryl methyl sites for hydroxylation is 4. The predicted octanol–water partition coefficient (Wildman–Crippen LogP) is 17.6. The molecule has 129 heavy (non-hydrogen) atoms. The second-order valence-electron chi connectivity index (χ2n) is 30.9. The molecule has 0 amide bonds. The van der Waals surface area contributed by atoms with Gasteiger partial charge >= 0.3 is 6.18 Å². The van der Waals surface area contributed by atoms with E-state index in [1.54, 1.807) is 137 Å². The van der Waals surface area contributed by atoms with Gasteiger partial charge in [0, 0.05) is 226 Å². The Hall–Kier alpha value is -14.6. The first-order valence-corrected chi connectivity index (χ1v) is 42.3. The molecular formula is C96H108F3N23O7. The van der Waals surface area contributed by atoms with Gasteiger partial charge in [-0.25, -0.2) is 19.9 Å². The maximum atomic E-state index is 12.8. The zero-order chi connectivity index (χ0) is 91.3. The number of phenols is 1. The molecule has 8 aromatic carbocycles. The molecule has 0 bridgehead atoms. The van der Waals surface area contributed by atoms with Crippen LogP contribution in [0.5, 0.6) is 40.2 Å². The Kier molecular flexibility index (Phi) is 30.8. The molecular weight excluding hydrogens is 1640 g/mol. The lowest BCUT2D eigenvalue weighted by molar-refractivity contribution is -0.125. The minimum Gasteiger partial charge on any atom is -0.508 e. The monoisotopic (exact) mass is 1750 g/mol. The van der Waals surface area contributed by atoms with Crippen molar-refractivity contribution in [1.82, 2.24) is 89.6 Å². The Morgan fingerprint density at radius 2 is 0.752 bits per heavy atom. The molecule has 8 aromatic heterocycles. The fourth-order valence-electron chi connectivity index (χ4n) is 14.4. The zero-order valence-electron chi connectivity index (χ0n) is 74.8. The van der Waals surface area contributed by atoms with Gasteiger partial charge in [-0.1, -0.05) is 33.8 Å². The van der Waals surface area contributed by atoms with Crippen LogP contribution in [0.25, 0.3) is 89.2 Å². The molecule has 0 fully saturated rings. The topological polar surface area (TPSA) is 313 Å². The Bertz CT molecular complexity index is 6380. The van der Waals surface area contributed by atoms with E-state index < -0.39 is 18.8 Å². The largest absolute Gasteiger partial charge is 0.508 e. The van der Waals surface area contributed by atoms with E-state index >= 15 is 0 Å². The average molecular weight is 1750 g/mol. The van der Waals surface area contributed by atoms with Crippen LogP contribution in [0.2, 0.25) is 0 Å². The summed E-state index contributed by atoms with van der Waals surface area (Å²) in [5.41, 5.74) is 26.1. The van der Waals surface area contributed by atoms with E-state index in [1.807, 2.05) is 147 Å². The molecule has 16 rings (SSSR count). The van der Waals surface area contributed by atoms with Gasteiger partial charge in [0.1, 0.15) is 40.2 Å². The van der Waals surface area contributed by atoms with E-state index in [-0.39, 0.29) is 12.3 Å². The SMILES string of the molecule is CCCN(c1cc(O)cc(OC)c1)c1ccc2ncc(-c3cnn(C)c3)nc2c1.CCCN(c1cccc(OC)c1)c1ccc2ncc(-c3cnn(C)c3)nc2c1.COc1cc(OC)cc(N(CC(C)NCC(F)(F)F)c2ccc3ncc(-c4cnn(C)c4)nc3c2)c1.COc1cc(OC)cc(N(CCNC(C)C)c2ccc3ncc(-c4cnn(CCCN)c4)nc3c2)c1. The molecule has 0 spiro atoms. The zero-order valence-corrected chi connectivity index (χ0v) is 74.8. The number of nitrogens with two attached hydrogens (primary N) is 1. The number of aromatic nitrogens is 16. The van der Waals surface area contributed by atoms with Crippen molar-refractivity contribution in [2.75, 3.05) is 108 Å². The third kappa shape index (κ3) is 24.2.